The van der Waals surface area contributed by atoms with E-state index in [4.69, 9.17) is 4.74 Å². The molecular formula is C25H32N4O5. The fraction of sp³-hybridized carbons (Fsp3) is 0.600. The lowest BCUT2D eigenvalue weighted by Gasteiger charge is -2.44. The molecule has 1 aromatic carbocycles. The van der Waals surface area contributed by atoms with Crippen molar-refractivity contribution in [2.24, 2.45) is 5.41 Å². The molecule has 5 rings (SSSR count). The highest BCUT2D eigenvalue weighted by atomic mass is 16.5. The van der Waals surface area contributed by atoms with Crippen LogP contribution in [0.5, 0.6) is 5.75 Å². The van der Waals surface area contributed by atoms with Crippen molar-refractivity contribution in [1.82, 2.24) is 20.4 Å². The number of ether oxygens (including phenoxy) is 1. The summed E-state index contributed by atoms with van der Waals surface area (Å²) in [4.78, 5) is 52.8. The van der Waals surface area contributed by atoms with Gasteiger partial charge in [0.15, 0.2) is 0 Å². The van der Waals surface area contributed by atoms with E-state index < -0.39 is 23.8 Å². The van der Waals surface area contributed by atoms with E-state index in [0.717, 1.165) is 44.0 Å². The first-order valence-corrected chi connectivity index (χ1v) is 12.4. The Morgan fingerprint density at radius 3 is 2.44 bits per heavy atom. The number of carbonyl (C=O) groups excluding carboxylic acids is 4. The lowest BCUT2D eigenvalue weighted by molar-refractivity contribution is -0.136. The van der Waals surface area contributed by atoms with Crippen LogP contribution in [0, 0.1) is 5.41 Å². The molecule has 9 heteroatoms. The highest BCUT2D eigenvalue weighted by Gasteiger charge is 2.44. The summed E-state index contributed by atoms with van der Waals surface area (Å²) in [5, 5.41) is 5.67. The van der Waals surface area contributed by atoms with Gasteiger partial charge in [-0.3, -0.25) is 29.4 Å². The van der Waals surface area contributed by atoms with Gasteiger partial charge in [-0.05, 0) is 88.3 Å². The van der Waals surface area contributed by atoms with Crippen LogP contribution in [0.1, 0.15) is 65.7 Å². The number of nitrogens with zero attached hydrogens (tertiary/aromatic N) is 2. The van der Waals surface area contributed by atoms with Gasteiger partial charge in [-0.15, -0.1) is 0 Å². The van der Waals surface area contributed by atoms with Crippen molar-refractivity contribution >= 4 is 23.6 Å². The number of benzene rings is 1. The minimum absolute atomic E-state index is 0.105. The number of nitrogens with one attached hydrogen (secondary N) is 2. The van der Waals surface area contributed by atoms with Gasteiger partial charge >= 0.3 is 0 Å². The molecule has 4 heterocycles. The second-order valence-electron chi connectivity index (χ2n) is 9.95. The predicted octanol–water partition coefficient (Wildman–Crippen LogP) is 1.32. The van der Waals surface area contributed by atoms with Gasteiger partial charge in [-0.2, -0.15) is 0 Å². The van der Waals surface area contributed by atoms with Crippen molar-refractivity contribution in [2.45, 2.75) is 51.0 Å². The van der Waals surface area contributed by atoms with E-state index in [1.807, 2.05) is 0 Å². The van der Waals surface area contributed by atoms with Crippen molar-refractivity contribution in [2.75, 3.05) is 39.3 Å². The van der Waals surface area contributed by atoms with Gasteiger partial charge in [0.25, 0.3) is 11.8 Å². The van der Waals surface area contributed by atoms with Gasteiger partial charge in [0, 0.05) is 13.0 Å². The van der Waals surface area contributed by atoms with Crippen LogP contribution in [-0.2, 0) is 9.59 Å². The molecule has 4 amide bonds. The van der Waals surface area contributed by atoms with Gasteiger partial charge in [-0.1, -0.05) is 0 Å². The molecule has 0 aliphatic carbocycles. The third kappa shape index (κ3) is 4.46. The highest BCUT2D eigenvalue weighted by molar-refractivity contribution is 6.23. The van der Waals surface area contributed by atoms with Crippen LogP contribution in [0.25, 0.3) is 0 Å². The van der Waals surface area contributed by atoms with E-state index in [9.17, 15) is 19.2 Å². The average molecular weight is 469 g/mol. The molecule has 0 radical (unpaired) electrons. The van der Waals surface area contributed by atoms with Crippen LogP contribution in [0.2, 0.25) is 0 Å². The first-order chi connectivity index (χ1) is 16.5. The first-order valence-electron chi connectivity index (χ1n) is 12.4. The summed E-state index contributed by atoms with van der Waals surface area (Å²) in [6.45, 7) is 6.10. The topological polar surface area (TPSA) is 108 Å². The maximum Gasteiger partial charge on any atom is 0.262 e. The molecule has 4 aliphatic heterocycles. The number of carbonyl (C=O) groups is 4. The van der Waals surface area contributed by atoms with Crippen molar-refractivity contribution in [3.8, 4) is 5.75 Å². The van der Waals surface area contributed by atoms with Crippen molar-refractivity contribution in [3.05, 3.63) is 29.3 Å². The lowest BCUT2D eigenvalue weighted by atomic mass is 9.71. The SMILES string of the molecule is O=C1CCC(N2C(=O)c3ccc(OCCCN4CCC5(CCNCC5)CC4)cc3C2=O)C(=O)N1. The summed E-state index contributed by atoms with van der Waals surface area (Å²) in [5.41, 5.74) is 1.06. The first kappa shape index (κ1) is 23.0. The van der Waals surface area contributed by atoms with Crippen molar-refractivity contribution in [1.29, 1.82) is 0 Å². The second kappa shape index (κ2) is 9.46. The Morgan fingerprint density at radius 2 is 1.71 bits per heavy atom. The fourth-order valence-corrected chi connectivity index (χ4v) is 5.73. The molecule has 3 fully saturated rings. The Hall–Kier alpha value is -2.78. The largest absolute Gasteiger partial charge is 0.494 e. The van der Waals surface area contributed by atoms with Crippen LogP contribution in [0.3, 0.4) is 0 Å². The minimum atomic E-state index is -0.956. The summed E-state index contributed by atoms with van der Waals surface area (Å²) >= 11 is 0. The number of amides is 4. The zero-order valence-electron chi connectivity index (χ0n) is 19.4. The van der Waals surface area contributed by atoms with Gasteiger partial charge in [0.2, 0.25) is 11.8 Å². The van der Waals surface area contributed by atoms with E-state index in [2.05, 4.69) is 15.5 Å². The molecule has 1 unspecified atom stereocenters. The molecule has 1 spiro atoms. The monoisotopic (exact) mass is 468 g/mol. The maximum absolute atomic E-state index is 12.9. The average Bonchev–Trinajstić information content (AvgIpc) is 3.08. The molecule has 0 bridgehead atoms. The molecule has 9 nitrogen and oxygen atoms in total. The summed E-state index contributed by atoms with van der Waals surface area (Å²) in [6, 6.07) is 3.91. The molecule has 0 saturated carbocycles. The van der Waals surface area contributed by atoms with Crippen LogP contribution in [0.4, 0.5) is 0 Å². The number of likely N-dealkylation sites (tertiary alicyclic amines) is 1. The van der Waals surface area contributed by atoms with Gasteiger partial charge < -0.3 is 15.0 Å². The summed E-state index contributed by atoms with van der Waals surface area (Å²) < 4.78 is 5.89. The quantitative estimate of drug-likeness (QED) is 0.479. The normalized spacial score (nSPS) is 24.9. The van der Waals surface area contributed by atoms with Crippen LogP contribution in [0.15, 0.2) is 18.2 Å². The minimum Gasteiger partial charge on any atom is -0.494 e. The Kier molecular flexibility index (Phi) is 6.40. The number of hydrogen-bond donors (Lipinski definition) is 2. The predicted molar refractivity (Wildman–Crippen MR) is 123 cm³/mol. The van der Waals surface area contributed by atoms with Crippen LogP contribution in [-0.4, -0.2) is 78.8 Å². The van der Waals surface area contributed by atoms with E-state index in [1.165, 1.54) is 25.7 Å². The second-order valence-corrected chi connectivity index (χ2v) is 9.95. The Balaban J connectivity index is 1.12. The zero-order chi connectivity index (χ0) is 23.7. The Labute approximate surface area is 199 Å². The summed E-state index contributed by atoms with van der Waals surface area (Å²) in [5.74, 6) is -1.47. The third-order valence-electron chi connectivity index (χ3n) is 7.88. The molecule has 1 atom stereocenters. The van der Waals surface area contributed by atoms with E-state index in [0.29, 0.717) is 17.8 Å². The Morgan fingerprint density at radius 1 is 0.971 bits per heavy atom. The third-order valence-corrected chi connectivity index (χ3v) is 7.88. The number of fused-ring (bicyclic) bond motifs is 1. The molecule has 182 valence electrons. The number of imide groups is 2. The fourth-order valence-electron chi connectivity index (χ4n) is 5.73. The van der Waals surface area contributed by atoms with Crippen molar-refractivity contribution in [3.63, 3.8) is 0 Å². The molecule has 1 aromatic rings. The number of piperidine rings is 3. The van der Waals surface area contributed by atoms with Gasteiger partial charge in [0.05, 0.1) is 17.7 Å². The smallest absolute Gasteiger partial charge is 0.262 e. The number of hydrogen-bond acceptors (Lipinski definition) is 7. The summed E-state index contributed by atoms with van der Waals surface area (Å²) in [7, 11) is 0. The van der Waals surface area contributed by atoms with E-state index in [1.54, 1.807) is 18.2 Å². The zero-order valence-corrected chi connectivity index (χ0v) is 19.4. The number of rotatable bonds is 6. The molecule has 3 saturated heterocycles. The molecular weight excluding hydrogens is 436 g/mol. The van der Waals surface area contributed by atoms with Crippen LogP contribution >= 0.6 is 0 Å². The maximum atomic E-state index is 12.9. The van der Waals surface area contributed by atoms with E-state index in [-0.39, 0.29) is 29.9 Å². The molecule has 4 aliphatic rings. The molecule has 2 N–H and O–H groups in total. The van der Waals surface area contributed by atoms with Crippen LogP contribution < -0.4 is 15.4 Å². The lowest BCUT2D eigenvalue weighted by Crippen LogP contribution is -2.54. The van der Waals surface area contributed by atoms with Crippen molar-refractivity contribution < 1.29 is 23.9 Å². The molecule has 34 heavy (non-hydrogen) atoms. The van der Waals surface area contributed by atoms with Gasteiger partial charge in [-0.25, -0.2) is 0 Å². The Bertz CT molecular complexity index is 993. The molecule has 0 aromatic heterocycles. The highest BCUT2D eigenvalue weighted by Crippen LogP contribution is 2.39. The summed E-state index contributed by atoms with van der Waals surface area (Å²) in [6.07, 6.45) is 6.29. The van der Waals surface area contributed by atoms with E-state index >= 15 is 0 Å². The van der Waals surface area contributed by atoms with Gasteiger partial charge in [0.1, 0.15) is 11.8 Å². The standard InChI is InChI=1S/C25H32N4O5/c30-21-5-4-20(22(31)27-21)29-23(32)18-3-2-17(16-19(18)24(29)33)34-15-1-12-28-13-8-25(9-14-28)6-10-26-11-7-25/h2-3,16,20,26H,1,4-15H2,(H,27,30,31).